The Bertz CT molecular complexity index is 387. The van der Waals surface area contributed by atoms with Gasteiger partial charge in [-0.3, -0.25) is 4.79 Å². The van der Waals surface area contributed by atoms with Gasteiger partial charge in [-0.15, -0.1) is 0 Å². The van der Waals surface area contributed by atoms with E-state index < -0.39 is 16.6 Å². The number of benzene rings is 1. The molecule has 3 nitrogen and oxygen atoms in total. The molecule has 1 rings (SSSR count). The van der Waals surface area contributed by atoms with Crippen LogP contribution in [0.25, 0.3) is 0 Å². The van der Waals surface area contributed by atoms with E-state index in [0.717, 1.165) is 5.56 Å². The van der Waals surface area contributed by atoms with Crippen LogP contribution in [-0.4, -0.2) is 22.7 Å². The molecule has 0 saturated heterocycles. The minimum absolute atomic E-state index is 0.275. The molecule has 4 heteroatoms. The molecule has 0 aliphatic carbocycles. The Hall–Kier alpha value is -1.16. The molecule has 0 N–H and O–H groups in total. The SMILES string of the molecule is CC(C)OC(=O)C(=O)C(Br)Cc1ccccc1. The molecule has 0 spiro atoms. The van der Waals surface area contributed by atoms with E-state index in [4.69, 9.17) is 4.74 Å². The van der Waals surface area contributed by atoms with Gasteiger partial charge in [0.2, 0.25) is 0 Å². The van der Waals surface area contributed by atoms with Crippen LogP contribution >= 0.6 is 15.9 Å². The van der Waals surface area contributed by atoms with E-state index >= 15 is 0 Å². The number of hydrogen-bond donors (Lipinski definition) is 0. The summed E-state index contributed by atoms with van der Waals surface area (Å²) in [5, 5.41) is 0. The van der Waals surface area contributed by atoms with E-state index in [-0.39, 0.29) is 6.10 Å². The van der Waals surface area contributed by atoms with E-state index in [1.165, 1.54) is 0 Å². The van der Waals surface area contributed by atoms with Gasteiger partial charge in [0.1, 0.15) is 0 Å². The fourth-order valence-corrected chi connectivity index (χ4v) is 1.87. The van der Waals surface area contributed by atoms with Gasteiger partial charge in [0.15, 0.2) is 0 Å². The molecule has 0 amide bonds. The lowest BCUT2D eigenvalue weighted by atomic mass is 10.1. The number of ketones is 1. The van der Waals surface area contributed by atoms with Crippen molar-refractivity contribution in [2.24, 2.45) is 0 Å². The van der Waals surface area contributed by atoms with Gasteiger partial charge >= 0.3 is 5.97 Å². The first-order chi connectivity index (χ1) is 8.00. The molecule has 0 fully saturated rings. The first-order valence-corrected chi connectivity index (χ1v) is 6.35. The van der Waals surface area contributed by atoms with Crippen LogP contribution in [0.2, 0.25) is 0 Å². The zero-order valence-electron chi connectivity index (χ0n) is 9.85. The molecule has 0 radical (unpaired) electrons. The van der Waals surface area contributed by atoms with Gasteiger partial charge < -0.3 is 4.74 Å². The van der Waals surface area contributed by atoms with E-state index in [9.17, 15) is 9.59 Å². The molecule has 0 heterocycles. The highest BCUT2D eigenvalue weighted by atomic mass is 79.9. The predicted octanol–water partition coefficient (Wildman–Crippen LogP) is 2.51. The zero-order chi connectivity index (χ0) is 12.8. The largest absolute Gasteiger partial charge is 0.457 e. The third-order valence-electron chi connectivity index (χ3n) is 2.09. The van der Waals surface area contributed by atoms with Gasteiger partial charge in [0.05, 0.1) is 10.9 Å². The highest BCUT2D eigenvalue weighted by Gasteiger charge is 2.25. The molecule has 0 saturated carbocycles. The maximum absolute atomic E-state index is 11.7. The van der Waals surface area contributed by atoms with Crippen molar-refractivity contribution in [1.82, 2.24) is 0 Å². The molecule has 1 aromatic carbocycles. The standard InChI is InChI=1S/C13H15BrO3/c1-9(2)17-13(16)12(15)11(14)8-10-6-4-3-5-7-10/h3-7,9,11H,8H2,1-2H3. The number of rotatable bonds is 5. The lowest BCUT2D eigenvalue weighted by molar-refractivity contribution is -0.156. The van der Waals surface area contributed by atoms with Gasteiger partial charge in [-0.25, -0.2) is 4.79 Å². The number of ether oxygens (including phenoxy) is 1. The maximum atomic E-state index is 11.7. The first kappa shape index (κ1) is 13.9. The second-order valence-electron chi connectivity index (χ2n) is 3.98. The summed E-state index contributed by atoms with van der Waals surface area (Å²) in [6, 6.07) is 9.52. The van der Waals surface area contributed by atoms with Crippen molar-refractivity contribution in [3.05, 3.63) is 35.9 Å². The zero-order valence-corrected chi connectivity index (χ0v) is 11.4. The average Bonchev–Trinajstić information content (AvgIpc) is 2.28. The quantitative estimate of drug-likeness (QED) is 0.477. The smallest absolute Gasteiger partial charge is 0.376 e. The molecule has 1 aromatic rings. The summed E-state index contributed by atoms with van der Waals surface area (Å²) in [5.74, 6) is -1.32. The highest BCUT2D eigenvalue weighted by Crippen LogP contribution is 2.12. The van der Waals surface area contributed by atoms with Crippen molar-refractivity contribution < 1.29 is 14.3 Å². The van der Waals surface area contributed by atoms with Crippen LogP contribution < -0.4 is 0 Å². The van der Waals surface area contributed by atoms with Gasteiger partial charge in [-0.2, -0.15) is 0 Å². The second kappa shape index (κ2) is 6.55. The summed E-state index contributed by atoms with van der Waals surface area (Å²) >= 11 is 3.22. The van der Waals surface area contributed by atoms with Gasteiger partial charge in [0, 0.05) is 0 Å². The normalized spacial score (nSPS) is 12.2. The van der Waals surface area contributed by atoms with Crippen LogP contribution in [0.1, 0.15) is 19.4 Å². The third kappa shape index (κ3) is 4.69. The Labute approximate surface area is 109 Å². The van der Waals surface area contributed by atoms with Crippen molar-refractivity contribution in [1.29, 1.82) is 0 Å². The minimum atomic E-state index is -0.780. The monoisotopic (exact) mass is 298 g/mol. The Kier molecular flexibility index (Phi) is 5.35. The number of Topliss-reactive ketones (excluding diaryl/α,β-unsaturated/α-hetero) is 1. The van der Waals surface area contributed by atoms with Crippen molar-refractivity contribution in [2.75, 3.05) is 0 Å². The Morgan fingerprint density at radius 1 is 1.24 bits per heavy atom. The first-order valence-electron chi connectivity index (χ1n) is 5.43. The molecule has 0 bridgehead atoms. The van der Waals surface area contributed by atoms with Gasteiger partial charge in [-0.05, 0) is 25.8 Å². The van der Waals surface area contributed by atoms with E-state index in [2.05, 4.69) is 15.9 Å². The predicted molar refractivity (Wildman–Crippen MR) is 69.1 cm³/mol. The van der Waals surface area contributed by atoms with Crippen LogP contribution in [0, 0.1) is 0 Å². The Balaban J connectivity index is 2.56. The highest BCUT2D eigenvalue weighted by molar-refractivity contribution is 9.10. The molecular formula is C13H15BrO3. The molecule has 0 aliphatic rings. The van der Waals surface area contributed by atoms with Gasteiger partial charge in [-0.1, -0.05) is 46.3 Å². The second-order valence-corrected chi connectivity index (χ2v) is 5.08. The van der Waals surface area contributed by atoms with Crippen LogP contribution in [0.15, 0.2) is 30.3 Å². The molecule has 1 unspecified atom stereocenters. The summed E-state index contributed by atoms with van der Waals surface area (Å²) in [5.41, 5.74) is 1.00. The topological polar surface area (TPSA) is 43.4 Å². The molecule has 1 atom stereocenters. The summed E-state index contributed by atoms with van der Waals surface area (Å²) < 4.78 is 4.85. The molecule has 17 heavy (non-hydrogen) atoms. The number of halogens is 1. The van der Waals surface area contributed by atoms with Crippen molar-refractivity contribution in [3.8, 4) is 0 Å². The third-order valence-corrected chi connectivity index (χ3v) is 2.83. The number of alkyl halides is 1. The summed E-state index contributed by atoms with van der Waals surface area (Å²) in [6.07, 6.45) is 0.204. The summed E-state index contributed by atoms with van der Waals surface area (Å²) in [4.78, 5) is 22.5. The van der Waals surface area contributed by atoms with Crippen molar-refractivity contribution in [2.45, 2.75) is 31.2 Å². The number of esters is 1. The molecular weight excluding hydrogens is 284 g/mol. The minimum Gasteiger partial charge on any atom is -0.457 e. The fraction of sp³-hybridized carbons (Fsp3) is 0.385. The van der Waals surface area contributed by atoms with Crippen LogP contribution in [0.5, 0.6) is 0 Å². The van der Waals surface area contributed by atoms with Crippen LogP contribution in [-0.2, 0) is 20.7 Å². The maximum Gasteiger partial charge on any atom is 0.376 e. The van der Waals surface area contributed by atoms with Crippen molar-refractivity contribution in [3.63, 3.8) is 0 Å². The fourth-order valence-electron chi connectivity index (χ4n) is 1.31. The number of hydrogen-bond acceptors (Lipinski definition) is 3. The van der Waals surface area contributed by atoms with Crippen molar-refractivity contribution >= 4 is 27.7 Å². The number of carbonyl (C=O) groups excluding carboxylic acids is 2. The van der Waals surface area contributed by atoms with Gasteiger partial charge in [0.25, 0.3) is 5.78 Å². The Morgan fingerprint density at radius 2 is 1.82 bits per heavy atom. The lowest BCUT2D eigenvalue weighted by Gasteiger charge is -2.10. The van der Waals surface area contributed by atoms with Crippen LogP contribution in [0.3, 0.4) is 0 Å². The van der Waals surface area contributed by atoms with E-state index in [0.29, 0.717) is 6.42 Å². The molecule has 92 valence electrons. The van der Waals surface area contributed by atoms with E-state index in [1.54, 1.807) is 13.8 Å². The number of carbonyl (C=O) groups is 2. The van der Waals surface area contributed by atoms with E-state index in [1.807, 2.05) is 30.3 Å². The average molecular weight is 299 g/mol. The summed E-state index contributed by atoms with van der Waals surface area (Å²) in [6.45, 7) is 3.43. The lowest BCUT2D eigenvalue weighted by Crippen LogP contribution is -2.29. The molecule has 0 aliphatic heterocycles. The van der Waals surface area contributed by atoms with Crippen LogP contribution in [0.4, 0.5) is 0 Å². The summed E-state index contributed by atoms with van der Waals surface area (Å²) in [7, 11) is 0. The molecule has 0 aromatic heterocycles. The Morgan fingerprint density at radius 3 is 2.35 bits per heavy atom.